The van der Waals surface area contributed by atoms with E-state index < -0.39 is 10.0 Å². The van der Waals surface area contributed by atoms with Crippen molar-refractivity contribution in [3.63, 3.8) is 0 Å². The number of hydrogen-bond acceptors (Lipinski definition) is 4. The highest BCUT2D eigenvalue weighted by molar-refractivity contribution is 7.89. The lowest BCUT2D eigenvalue weighted by Gasteiger charge is -2.22. The Morgan fingerprint density at radius 2 is 2.16 bits per heavy atom. The van der Waals surface area contributed by atoms with Crippen molar-refractivity contribution in [2.45, 2.75) is 36.8 Å². The minimum atomic E-state index is -3.55. The van der Waals surface area contributed by atoms with E-state index in [0.717, 1.165) is 25.7 Å². The van der Waals surface area contributed by atoms with Crippen molar-refractivity contribution in [3.05, 3.63) is 12.5 Å². The fourth-order valence-corrected chi connectivity index (χ4v) is 3.78. The Hall–Kier alpha value is -0.630. The molecule has 0 amide bonds. The number of halogens is 1. The molecule has 1 aromatic rings. The fraction of sp³-hybridized carbons (Fsp3) is 0.727. The normalized spacial score (nSPS) is 18.2. The molecule has 0 bridgehead atoms. The lowest BCUT2D eigenvalue weighted by molar-refractivity contribution is 0.405. The van der Waals surface area contributed by atoms with Crippen molar-refractivity contribution in [2.75, 3.05) is 6.54 Å². The Morgan fingerprint density at radius 1 is 1.53 bits per heavy atom. The van der Waals surface area contributed by atoms with E-state index in [2.05, 4.69) is 9.71 Å². The Labute approximate surface area is 120 Å². The second kappa shape index (κ2) is 6.69. The predicted molar refractivity (Wildman–Crippen MR) is 75.6 cm³/mol. The van der Waals surface area contributed by atoms with Gasteiger partial charge in [-0.2, -0.15) is 0 Å². The zero-order valence-electron chi connectivity index (χ0n) is 10.9. The number of sulfonamides is 1. The average molecular weight is 309 g/mol. The molecule has 0 radical (unpaired) electrons. The van der Waals surface area contributed by atoms with Gasteiger partial charge in [-0.3, -0.25) is 0 Å². The van der Waals surface area contributed by atoms with Crippen LogP contribution in [-0.2, 0) is 17.1 Å². The first kappa shape index (κ1) is 16.4. The van der Waals surface area contributed by atoms with Gasteiger partial charge >= 0.3 is 0 Å². The van der Waals surface area contributed by atoms with Gasteiger partial charge in [-0.05, 0) is 18.8 Å². The van der Waals surface area contributed by atoms with E-state index in [0.29, 0.717) is 12.5 Å². The molecule has 3 N–H and O–H groups in total. The fourth-order valence-electron chi connectivity index (χ4n) is 2.48. The van der Waals surface area contributed by atoms with Gasteiger partial charge in [0.1, 0.15) is 0 Å². The van der Waals surface area contributed by atoms with Crippen LogP contribution in [0, 0.1) is 5.92 Å². The van der Waals surface area contributed by atoms with Gasteiger partial charge in [-0.15, -0.1) is 12.4 Å². The van der Waals surface area contributed by atoms with E-state index in [-0.39, 0.29) is 23.5 Å². The van der Waals surface area contributed by atoms with Gasteiger partial charge in [-0.1, -0.05) is 12.8 Å². The molecular weight excluding hydrogens is 288 g/mol. The van der Waals surface area contributed by atoms with Crippen LogP contribution in [0.4, 0.5) is 0 Å². The smallest absolute Gasteiger partial charge is 0.259 e. The highest BCUT2D eigenvalue weighted by Crippen LogP contribution is 2.28. The summed E-state index contributed by atoms with van der Waals surface area (Å²) in [5, 5.41) is 0.0569. The topological polar surface area (TPSA) is 90.0 Å². The molecule has 1 aliphatic carbocycles. The summed E-state index contributed by atoms with van der Waals surface area (Å²) in [4.78, 5) is 3.87. The molecule has 1 aliphatic rings. The van der Waals surface area contributed by atoms with Crippen molar-refractivity contribution < 1.29 is 8.42 Å². The van der Waals surface area contributed by atoms with Crippen LogP contribution in [-0.4, -0.2) is 30.6 Å². The van der Waals surface area contributed by atoms with Crippen LogP contribution in [0.3, 0.4) is 0 Å². The van der Waals surface area contributed by atoms with Crippen LogP contribution in [0.1, 0.15) is 25.7 Å². The van der Waals surface area contributed by atoms with Crippen LogP contribution >= 0.6 is 12.4 Å². The molecule has 1 unspecified atom stereocenters. The van der Waals surface area contributed by atoms with E-state index in [9.17, 15) is 8.42 Å². The minimum Gasteiger partial charge on any atom is -0.339 e. The summed E-state index contributed by atoms with van der Waals surface area (Å²) in [6.07, 6.45) is 7.38. The summed E-state index contributed by atoms with van der Waals surface area (Å²) in [6, 6.07) is -0.181. The molecule has 0 saturated heterocycles. The molecule has 8 heteroatoms. The van der Waals surface area contributed by atoms with Crippen molar-refractivity contribution in [1.82, 2.24) is 14.3 Å². The molecule has 1 aromatic heterocycles. The van der Waals surface area contributed by atoms with Crippen LogP contribution < -0.4 is 10.5 Å². The first-order valence-corrected chi connectivity index (χ1v) is 7.71. The van der Waals surface area contributed by atoms with Crippen LogP contribution in [0.2, 0.25) is 0 Å². The third-order valence-electron chi connectivity index (χ3n) is 3.49. The van der Waals surface area contributed by atoms with E-state index >= 15 is 0 Å². The summed E-state index contributed by atoms with van der Waals surface area (Å²) < 4.78 is 28.6. The van der Waals surface area contributed by atoms with E-state index in [4.69, 9.17) is 5.73 Å². The highest BCUT2D eigenvalue weighted by atomic mass is 35.5. The van der Waals surface area contributed by atoms with Crippen molar-refractivity contribution >= 4 is 22.4 Å². The summed E-state index contributed by atoms with van der Waals surface area (Å²) in [6.45, 7) is 0.330. The number of aromatic nitrogens is 2. The third kappa shape index (κ3) is 3.92. The molecule has 1 heterocycles. The van der Waals surface area contributed by atoms with E-state index in [1.807, 2.05) is 0 Å². The molecule has 110 valence electrons. The van der Waals surface area contributed by atoms with E-state index in [1.165, 1.54) is 12.5 Å². The Morgan fingerprint density at radius 3 is 2.63 bits per heavy atom. The van der Waals surface area contributed by atoms with Crippen molar-refractivity contribution in [3.8, 4) is 0 Å². The van der Waals surface area contributed by atoms with Crippen LogP contribution in [0.15, 0.2) is 17.6 Å². The lowest BCUT2D eigenvalue weighted by atomic mass is 9.99. The molecule has 0 spiro atoms. The largest absolute Gasteiger partial charge is 0.339 e. The summed E-state index contributed by atoms with van der Waals surface area (Å²) in [5.74, 6) is 0.355. The monoisotopic (exact) mass is 308 g/mol. The molecule has 0 aromatic carbocycles. The lowest BCUT2D eigenvalue weighted by Crippen LogP contribution is -2.44. The maximum Gasteiger partial charge on any atom is 0.259 e. The Balaban J connectivity index is 0.00000180. The zero-order chi connectivity index (χ0) is 13.2. The molecule has 0 aliphatic heterocycles. The molecule has 2 rings (SSSR count). The zero-order valence-corrected chi connectivity index (χ0v) is 12.6. The number of nitrogens with two attached hydrogens (primary N) is 1. The van der Waals surface area contributed by atoms with Gasteiger partial charge in [0.15, 0.2) is 5.03 Å². The van der Waals surface area contributed by atoms with Crippen LogP contribution in [0.25, 0.3) is 0 Å². The quantitative estimate of drug-likeness (QED) is 0.835. The first-order chi connectivity index (χ1) is 8.53. The summed E-state index contributed by atoms with van der Waals surface area (Å²) in [7, 11) is -1.81. The van der Waals surface area contributed by atoms with Gasteiger partial charge in [-0.25, -0.2) is 18.1 Å². The standard InChI is InChI=1S/C11H20N4O2S.ClH/c1-15-7-11(13-8-15)18(16,17)14-10(6-12)9-4-2-3-5-9;/h7-10,14H,2-6,12H2,1H3;1H. The number of imidazole rings is 1. The van der Waals surface area contributed by atoms with E-state index in [1.54, 1.807) is 11.6 Å². The minimum absolute atomic E-state index is 0. The van der Waals surface area contributed by atoms with Crippen molar-refractivity contribution in [2.24, 2.45) is 18.7 Å². The number of rotatable bonds is 5. The maximum atomic E-state index is 12.1. The molecule has 1 saturated carbocycles. The van der Waals surface area contributed by atoms with Crippen molar-refractivity contribution in [1.29, 1.82) is 0 Å². The van der Waals surface area contributed by atoms with Gasteiger partial charge in [0.2, 0.25) is 0 Å². The average Bonchev–Trinajstić information content (AvgIpc) is 2.96. The second-order valence-electron chi connectivity index (χ2n) is 4.89. The molecule has 1 atom stereocenters. The second-order valence-corrected chi connectivity index (χ2v) is 6.55. The van der Waals surface area contributed by atoms with Gasteiger partial charge in [0.05, 0.1) is 6.33 Å². The molecule has 19 heavy (non-hydrogen) atoms. The number of nitrogens with zero attached hydrogens (tertiary/aromatic N) is 2. The van der Waals surface area contributed by atoms with Gasteiger partial charge < -0.3 is 10.3 Å². The van der Waals surface area contributed by atoms with Crippen LogP contribution in [0.5, 0.6) is 0 Å². The Kier molecular flexibility index (Phi) is 5.79. The predicted octanol–water partition coefficient (Wildman–Crippen LogP) is 0.638. The molecule has 1 fully saturated rings. The molecular formula is C11H21ClN4O2S. The molecule has 6 nitrogen and oxygen atoms in total. The van der Waals surface area contributed by atoms with Gasteiger partial charge in [0.25, 0.3) is 10.0 Å². The summed E-state index contributed by atoms with van der Waals surface area (Å²) >= 11 is 0. The highest BCUT2D eigenvalue weighted by Gasteiger charge is 2.29. The SMILES string of the molecule is Cl.Cn1cnc(S(=O)(=O)NC(CN)C2CCCC2)c1. The van der Waals surface area contributed by atoms with Gasteiger partial charge in [0, 0.05) is 25.8 Å². The number of aryl methyl sites for hydroxylation is 1. The third-order valence-corrected chi connectivity index (χ3v) is 4.86. The summed E-state index contributed by atoms with van der Waals surface area (Å²) in [5.41, 5.74) is 5.69. The first-order valence-electron chi connectivity index (χ1n) is 6.23. The Bertz CT molecular complexity index is 497. The number of nitrogens with one attached hydrogen (secondary N) is 1. The number of hydrogen-bond donors (Lipinski definition) is 2. The maximum absolute atomic E-state index is 12.1.